The second-order valence-electron chi connectivity index (χ2n) is 5.65. The number of carbonyl (C=O) groups excluding carboxylic acids is 1. The highest BCUT2D eigenvalue weighted by atomic mass is 16.5. The first-order valence-electron chi connectivity index (χ1n) is 7.78. The van der Waals surface area contributed by atoms with Gasteiger partial charge in [-0.3, -0.25) is 4.79 Å². The number of hydrogen-bond donors (Lipinski definition) is 1. The Balaban J connectivity index is 1.39. The van der Waals surface area contributed by atoms with Gasteiger partial charge in [0.1, 0.15) is 5.52 Å². The normalized spacial score (nSPS) is 13.3. The van der Waals surface area contributed by atoms with Crippen molar-refractivity contribution in [3.63, 3.8) is 0 Å². The number of aromatic nitrogens is 1. The van der Waals surface area contributed by atoms with Gasteiger partial charge in [0.2, 0.25) is 5.76 Å². The van der Waals surface area contributed by atoms with Gasteiger partial charge in [0.05, 0.1) is 5.39 Å². The van der Waals surface area contributed by atoms with Crippen molar-refractivity contribution >= 4 is 22.5 Å². The number of benzene rings is 2. The van der Waals surface area contributed by atoms with Crippen molar-refractivity contribution in [3.05, 3.63) is 59.9 Å². The monoisotopic (exact) mass is 307 g/mol. The van der Waals surface area contributed by atoms with Crippen LogP contribution in [0.15, 0.2) is 53.1 Å². The summed E-state index contributed by atoms with van der Waals surface area (Å²) in [5, 5.41) is 7.58. The highest BCUT2D eigenvalue weighted by molar-refractivity contribution is 6.03. The summed E-state index contributed by atoms with van der Waals surface area (Å²) in [5.41, 5.74) is 3.35. The number of hydrogen-bond acceptors (Lipinski definition) is 4. The molecule has 0 atom stereocenters. The van der Waals surface area contributed by atoms with Gasteiger partial charge in [-0.1, -0.05) is 35.5 Å². The first-order valence-corrected chi connectivity index (χ1v) is 7.78. The number of anilines is 1. The molecule has 2 aromatic carbocycles. The Kier molecular flexibility index (Phi) is 3.46. The van der Waals surface area contributed by atoms with E-state index in [1.54, 1.807) is 0 Å². The summed E-state index contributed by atoms with van der Waals surface area (Å²) in [6.07, 6.45) is 1.07. The van der Waals surface area contributed by atoms with Gasteiger partial charge in [-0.05, 0) is 30.2 Å². The second kappa shape index (κ2) is 5.76. The van der Waals surface area contributed by atoms with Crippen molar-refractivity contribution in [1.82, 2.24) is 10.5 Å². The molecule has 5 heteroatoms. The Morgan fingerprint density at radius 2 is 2.00 bits per heavy atom. The van der Waals surface area contributed by atoms with E-state index in [9.17, 15) is 4.79 Å². The third-order valence-corrected chi connectivity index (χ3v) is 4.24. The van der Waals surface area contributed by atoms with Crippen molar-refractivity contribution in [2.24, 2.45) is 0 Å². The van der Waals surface area contributed by atoms with E-state index in [-0.39, 0.29) is 11.7 Å². The molecule has 0 unspecified atom stereocenters. The van der Waals surface area contributed by atoms with Crippen molar-refractivity contribution < 1.29 is 9.32 Å². The molecule has 0 saturated carbocycles. The third kappa shape index (κ3) is 2.54. The van der Waals surface area contributed by atoms with E-state index < -0.39 is 0 Å². The molecule has 4 rings (SSSR count). The predicted molar refractivity (Wildman–Crippen MR) is 88.7 cm³/mol. The molecule has 1 aliphatic heterocycles. The Morgan fingerprint density at radius 1 is 1.17 bits per heavy atom. The van der Waals surface area contributed by atoms with E-state index in [1.165, 1.54) is 11.3 Å². The SMILES string of the molecule is O=C(NCCN1CCc2ccccc21)c1onc2ccccc12. The quantitative estimate of drug-likeness (QED) is 0.805. The van der Waals surface area contributed by atoms with Crippen LogP contribution in [0.25, 0.3) is 10.9 Å². The van der Waals surface area contributed by atoms with Crippen LogP contribution >= 0.6 is 0 Å². The Morgan fingerprint density at radius 3 is 2.96 bits per heavy atom. The molecule has 0 bridgehead atoms. The van der Waals surface area contributed by atoms with E-state index in [2.05, 4.69) is 39.6 Å². The maximum Gasteiger partial charge on any atom is 0.290 e. The number of nitrogens with one attached hydrogen (secondary N) is 1. The van der Waals surface area contributed by atoms with Gasteiger partial charge in [0.15, 0.2) is 0 Å². The van der Waals surface area contributed by atoms with Crippen LogP contribution in [0, 0.1) is 0 Å². The minimum Gasteiger partial charge on any atom is -0.369 e. The van der Waals surface area contributed by atoms with Gasteiger partial charge >= 0.3 is 0 Å². The maximum absolute atomic E-state index is 12.3. The van der Waals surface area contributed by atoms with Crippen LogP contribution in [0.4, 0.5) is 5.69 Å². The fraction of sp³-hybridized carbons (Fsp3) is 0.222. The summed E-state index contributed by atoms with van der Waals surface area (Å²) >= 11 is 0. The third-order valence-electron chi connectivity index (χ3n) is 4.24. The van der Waals surface area contributed by atoms with E-state index in [0.29, 0.717) is 12.1 Å². The zero-order valence-corrected chi connectivity index (χ0v) is 12.7. The summed E-state index contributed by atoms with van der Waals surface area (Å²) in [6.45, 7) is 2.36. The fourth-order valence-electron chi connectivity index (χ4n) is 3.08. The topological polar surface area (TPSA) is 58.4 Å². The summed E-state index contributed by atoms with van der Waals surface area (Å²) < 4.78 is 5.18. The van der Waals surface area contributed by atoms with Crippen LogP contribution < -0.4 is 10.2 Å². The van der Waals surface area contributed by atoms with E-state index in [1.807, 2.05) is 24.3 Å². The number of amides is 1. The molecule has 116 valence electrons. The molecule has 1 aromatic heterocycles. The van der Waals surface area contributed by atoms with E-state index in [0.717, 1.165) is 24.9 Å². The standard InChI is InChI=1S/C18H17N3O2/c22-18(17-14-6-2-3-7-15(14)20-23-17)19-10-12-21-11-9-13-5-1-4-8-16(13)21/h1-8H,9-12H2,(H,19,22). The number of para-hydroxylation sites is 1. The predicted octanol–water partition coefficient (Wildman–Crippen LogP) is 2.62. The Hall–Kier alpha value is -2.82. The van der Waals surface area contributed by atoms with Crippen molar-refractivity contribution in [2.75, 3.05) is 24.5 Å². The summed E-state index contributed by atoms with van der Waals surface area (Å²) in [6, 6.07) is 15.8. The first kappa shape index (κ1) is 13.8. The molecular formula is C18H17N3O2. The molecule has 0 spiro atoms. The average molecular weight is 307 g/mol. The van der Waals surface area contributed by atoms with E-state index in [4.69, 9.17) is 4.52 Å². The molecule has 3 aromatic rings. The van der Waals surface area contributed by atoms with Crippen LogP contribution in [0.2, 0.25) is 0 Å². The average Bonchev–Trinajstić information content (AvgIpc) is 3.19. The molecule has 23 heavy (non-hydrogen) atoms. The van der Waals surface area contributed by atoms with Crippen LogP contribution in [-0.2, 0) is 6.42 Å². The molecule has 0 aliphatic carbocycles. The van der Waals surface area contributed by atoms with Gasteiger partial charge < -0.3 is 14.7 Å². The lowest BCUT2D eigenvalue weighted by atomic mass is 10.2. The van der Waals surface area contributed by atoms with Crippen molar-refractivity contribution in [1.29, 1.82) is 0 Å². The van der Waals surface area contributed by atoms with Crippen LogP contribution in [0.5, 0.6) is 0 Å². The largest absolute Gasteiger partial charge is 0.369 e. The zero-order valence-electron chi connectivity index (χ0n) is 12.7. The van der Waals surface area contributed by atoms with Gasteiger partial charge in [-0.15, -0.1) is 0 Å². The van der Waals surface area contributed by atoms with Crippen LogP contribution in [-0.4, -0.2) is 30.7 Å². The number of rotatable bonds is 4. The minimum absolute atomic E-state index is 0.216. The lowest BCUT2D eigenvalue weighted by Gasteiger charge is -2.19. The molecule has 1 aliphatic rings. The van der Waals surface area contributed by atoms with E-state index >= 15 is 0 Å². The molecule has 0 fully saturated rings. The summed E-state index contributed by atoms with van der Waals surface area (Å²) in [7, 11) is 0. The molecular weight excluding hydrogens is 290 g/mol. The number of fused-ring (bicyclic) bond motifs is 2. The highest BCUT2D eigenvalue weighted by Crippen LogP contribution is 2.26. The Bertz CT molecular complexity index is 856. The van der Waals surface area contributed by atoms with Crippen molar-refractivity contribution in [2.45, 2.75) is 6.42 Å². The molecule has 5 nitrogen and oxygen atoms in total. The first-order chi connectivity index (χ1) is 11.3. The van der Waals surface area contributed by atoms with Gasteiger partial charge in [0.25, 0.3) is 5.91 Å². The lowest BCUT2D eigenvalue weighted by molar-refractivity contribution is 0.0920. The zero-order chi connectivity index (χ0) is 15.6. The second-order valence-corrected chi connectivity index (χ2v) is 5.65. The number of carbonyl (C=O) groups is 1. The molecule has 1 amide bonds. The smallest absolute Gasteiger partial charge is 0.290 e. The summed E-state index contributed by atoms with van der Waals surface area (Å²) in [5.74, 6) is 0.0635. The van der Waals surface area contributed by atoms with Crippen molar-refractivity contribution in [3.8, 4) is 0 Å². The van der Waals surface area contributed by atoms with Crippen LogP contribution in [0.3, 0.4) is 0 Å². The molecule has 0 saturated heterocycles. The molecule has 0 radical (unpaired) electrons. The van der Waals surface area contributed by atoms with Gasteiger partial charge in [-0.2, -0.15) is 0 Å². The number of nitrogens with zero attached hydrogens (tertiary/aromatic N) is 2. The summed E-state index contributed by atoms with van der Waals surface area (Å²) in [4.78, 5) is 14.6. The molecule has 2 heterocycles. The maximum atomic E-state index is 12.3. The molecule has 1 N–H and O–H groups in total. The minimum atomic E-state index is -0.216. The fourth-order valence-corrected chi connectivity index (χ4v) is 3.08. The van der Waals surface area contributed by atoms with Gasteiger partial charge in [-0.25, -0.2) is 0 Å². The van der Waals surface area contributed by atoms with Gasteiger partial charge in [0, 0.05) is 25.3 Å². The van der Waals surface area contributed by atoms with Crippen LogP contribution in [0.1, 0.15) is 16.1 Å². The Labute approximate surface area is 133 Å². The lowest BCUT2D eigenvalue weighted by Crippen LogP contribution is -2.34. The highest BCUT2D eigenvalue weighted by Gasteiger charge is 2.19.